The number of hydrogen-bond donors (Lipinski definition) is 0. The Hall–Kier alpha value is -2.39. The maximum Gasteiger partial charge on any atom is 0.243 e. The van der Waals surface area contributed by atoms with Gasteiger partial charge in [-0.25, -0.2) is 0 Å². The first-order valence-corrected chi connectivity index (χ1v) is 9.46. The lowest BCUT2D eigenvalue weighted by Crippen LogP contribution is -2.42. The number of fused-ring (bicyclic) bond motifs is 1. The van der Waals surface area contributed by atoms with Crippen LogP contribution in [0.3, 0.4) is 0 Å². The van der Waals surface area contributed by atoms with Crippen LogP contribution >= 0.6 is 15.9 Å². The van der Waals surface area contributed by atoms with Crippen molar-refractivity contribution in [2.24, 2.45) is 0 Å². The van der Waals surface area contributed by atoms with Gasteiger partial charge in [0, 0.05) is 11.0 Å². The van der Waals surface area contributed by atoms with Gasteiger partial charge >= 0.3 is 0 Å². The largest absolute Gasteiger partial charge is 0.307 e. The number of para-hydroxylation sites is 1. The molecule has 1 heterocycles. The minimum atomic E-state index is -0.674. The number of carbonyl (C=O) groups excluding carboxylic acids is 1. The zero-order valence-electron chi connectivity index (χ0n) is 13.7. The molecule has 1 aliphatic rings. The molecular formula is C22H18BrNO. The summed E-state index contributed by atoms with van der Waals surface area (Å²) in [5.41, 5.74) is 3.55. The van der Waals surface area contributed by atoms with Crippen LogP contribution in [0.2, 0.25) is 0 Å². The molecular weight excluding hydrogens is 374 g/mol. The molecule has 0 saturated heterocycles. The van der Waals surface area contributed by atoms with Gasteiger partial charge in [-0.3, -0.25) is 4.79 Å². The second-order valence-corrected chi connectivity index (χ2v) is 6.86. The fraction of sp³-hybridized carbons (Fsp3) is 0.136. The smallest absolute Gasteiger partial charge is 0.243 e. The number of anilines is 1. The zero-order valence-corrected chi connectivity index (χ0v) is 15.3. The van der Waals surface area contributed by atoms with Gasteiger partial charge in [0.25, 0.3) is 0 Å². The first-order valence-electron chi connectivity index (χ1n) is 8.34. The van der Waals surface area contributed by atoms with Crippen molar-refractivity contribution < 1.29 is 4.79 Å². The standard InChI is InChI=1S/C22H18BrNO/c23-16-22(18-11-5-2-6-12-18)19-13-7-8-14-20(19)24(21(22)25)15-17-9-3-1-4-10-17/h1-14H,15-16H2/t22-/m1/s1. The van der Waals surface area contributed by atoms with Crippen LogP contribution in [0.1, 0.15) is 16.7 Å². The summed E-state index contributed by atoms with van der Waals surface area (Å²) < 4.78 is 0. The maximum atomic E-state index is 13.6. The lowest BCUT2D eigenvalue weighted by atomic mass is 9.77. The summed E-state index contributed by atoms with van der Waals surface area (Å²) in [5.74, 6) is 0.126. The zero-order chi connectivity index (χ0) is 17.3. The van der Waals surface area contributed by atoms with Crippen LogP contribution in [-0.2, 0) is 16.8 Å². The highest BCUT2D eigenvalue weighted by Crippen LogP contribution is 2.47. The van der Waals surface area contributed by atoms with Crippen molar-refractivity contribution in [2.45, 2.75) is 12.0 Å². The van der Waals surface area contributed by atoms with Crippen molar-refractivity contribution >= 4 is 27.5 Å². The van der Waals surface area contributed by atoms with Crippen LogP contribution in [0.25, 0.3) is 0 Å². The van der Waals surface area contributed by atoms with Crippen LogP contribution < -0.4 is 4.90 Å². The SMILES string of the molecule is O=C1N(Cc2ccccc2)c2ccccc2[C@@]1(CBr)c1ccccc1. The Labute approximate surface area is 156 Å². The Bertz CT molecular complexity index is 894. The molecule has 124 valence electrons. The fourth-order valence-corrected chi connectivity index (χ4v) is 4.52. The fourth-order valence-electron chi connectivity index (χ4n) is 3.66. The number of nitrogens with zero attached hydrogens (tertiary/aromatic N) is 1. The lowest BCUT2D eigenvalue weighted by molar-refractivity contribution is -0.121. The number of carbonyl (C=O) groups is 1. The first kappa shape index (κ1) is 16.1. The van der Waals surface area contributed by atoms with Gasteiger partial charge in [0.15, 0.2) is 0 Å². The van der Waals surface area contributed by atoms with Crippen molar-refractivity contribution in [2.75, 3.05) is 10.2 Å². The third-order valence-corrected chi connectivity index (χ3v) is 5.76. The number of alkyl halides is 1. The van der Waals surface area contributed by atoms with Gasteiger partial charge in [-0.05, 0) is 22.8 Å². The van der Waals surface area contributed by atoms with Crippen LogP contribution in [-0.4, -0.2) is 11.2 Å². The van der Waals surface area contributed by atoms with E-state index in [-0.39, 0.29) is 5.91 Å². The predicted octanol–water partition coefficient (Wildman–Crippen LogP) is 4.91. The molecule has 0 radical (unpaired) electrons. The van der Waals surface area contributed by atoms with Gasteiger partial charge in [0.2, 0.25) is 5.91 Å². The Morgan fingerprint density at radius 3 is 2.08 bits per heavy atom. The summed E-state index contributed by atoms with van der Waals surface area (Å²) in [4.78, 5) is 15.5. The van der Waals surface area contributed by atoms with Crippen molar-refractivity contribution in [3.63, 3.8) is 0 Å². The highest BCUT2D eigenvalue weighted by Gasteiger charge is 2.51. The number of benzene rings is 3. The normalized spacial score (nSPS) is 19.1. The van der Waals surface area contributed by atoms with E-state index >= 15 is 0 Å². The minimum absolute atomic E-state index is 0.126. The van der Waals surface area contributed by atoms with E-state index in [1.807, 2.05) is 71.6 Å². The summed E-state index contributed by atoms with van der Waals surface area (Å²) in [6.07, 6.45) is 0. The number of amides is 1. The Morgan fingerprint density at radius 1 is 0.800 bits per heavy atom. The Kier molecular flexibility index (Phi) is 4.18. The van der Waals surface area contributed by atoms with E-state index in [1.165, 1.54) is 0 Å². The second kappa shape index (κ2) is 6.49. The van der Waals surface area contributed by atoms with Gasteiger partial charge in [-0.2, -0.15) is 0 Å². The molecule has 0 spiro atoms. The van der Waals surface area contributed by atoms with Crippen molar-refractivity contribution in [3.05, 3.63) is 102 Å². The molecule has 4 rings (SSSR count). The molecule has 0 N–H and O–H groups in total. The Balaban J connectivity index is 1.86. The van der Waals surface area contributed by atoms with E-state index in [0.29, 0.717) is 11.9 Å². The summed E-state index contributed by atoms with van der Waals surface area (Å²) in [5, 5.41) is 0.561. The molecule has 1 atom stereocenters. The lowest BCUT2D eigenvalue weighted by Gasteiger charge is -2.27. The highest BCUT2D eigenvalue weighted by molar-refractivity contribution is 9.09. The van der Waals surface area contributed by atoms with Gasteiger partial charge in [-0.1, -0.05) is 94.8 Å². The predicted molar refractivity (Wildman–Crippen MR) is 105 cm³/mol. The van der Waals surface area contributed by atoms with Crippen LogP contribution in [0.15, 0.2) is 84.9 Å². The second-order valence-electron chi connectivity index (χ2n) is 6.30. The van der Waals surface area contributed by atoms with E-state index in [2.05, 4.69) is 34.1 Å². The van der Waals surface area contributed by atoms with Gasteiger partial charge in [-0.15, -0.1) is 0 Å². The van der Waals surface area contributed by atoms with E-state index in [4.69, 9.17) is 0 Å². The third-order valence-electron chi connectivity index (χ3n) is 4.92. The van der Waals surface area contributed by atoms with Crippen molar-refractivity contribution in [3.8, 4) is 0 Å². The monoisotopic (exact) mass is 391 g/mol. The molecule has 0 fully saturated rings. The Morgan fingerprint density at radius 2 is 1.40 bits per heavy atom. The molecule has 1 aliphatic heterocycles. The van der Waals surface area contributed by atoms with E-state index < -0.39 is 5.41 Å². The average Bonchev–Trinajstić information content (AvgIpc) is 2.92. The molecule has 1 amide bonds. The van der Waals surface area contributed by atoms with Crippen LogP contribution in [0, 0.1) is 0 Å². The van der Waals surface area contributed by atoms with Gasteiger partial charge in [0.05, 0.1) is 6.54 Å². The van der Waals surface area contributed by atoms with Crippen LogP contribution in [0.5, 0.6) is 0 Å². The summed E-state index contributed by atoms with van der Waals surface area (Å²) in [7, 11) is 0. The summed E-state index contributed by atoms with van der Waals surface area (Å²) in [6, 6.07) is 28.3. The summed E-state index contributed by atoms with van der Waals surface area (Å²) >= 11 is 3.65. The van der Waals surface area contributed by atoms with Gasteiger partial charge < -0.3 is 4.90 Å². The molecule has 3 aromatic carbocycles. The quantitative estimate of drug-likeness (QED) is 0.578. The maximum absolute atomic E-state index is 13.6. The average molecular weight is 392 g/mol. The van der Waals surface area contributed by atoms with Crippen molar-refractivity contribution in [1.82, 2.24) is 0 Å². The highest BCUT2D eigenvalue weighted by atomic mass is 79.9. The first-order chi connectivity index (χ1) is 12.3. The molecule has 3 heteroatoms. The minimum Gasteiger partial charge on any atom is -0.307 e. The van der Waals surface area contributed by atoms with Crippen LogP contribution in [0.4, 0.5) is 5.69 Å². The molecule has 25 heavy (non-hydrogen) atoms. The van der Waals surface area contributed by atoms with Crippen molar-refractivity contribution in [1.29, 1.82) is 0 Å². The van der Waals surface area contributed by atoms with E-state index in [0.717, 1.165) is 22.4 Å². The summed E-state index contributed by atoms with van der Waals surface area (Å²) in [6.45, 7) is 0.582. The molecule has 0 bridgehead atoms. The van der Waals surface area contributed by atoms with E-state index in [1.54, 1.807) is 0 Å². The topological polar surface area (TPSA) is 20.3 Å². The molecule has 2 nitrogen and oxygen atoms in total. The molecule has 0 saturated carbocycles. The molecule has 3 aromatic rings. The number of halogens is 1. The number of rotatable bonds is 4. The third kappa shape index (κ3) is 2.50. The molecule has 0 aliphatic carbocycles. The van der Waals surface area contributed by atoms with Gasteiger partial charge in [0.1, 0.15) is 5.41 Å². The van der Waals surface area contributed by atoms with E-state index in [9.17, 15) is 4.79 Å². The number of hydrogen-bond acceptors (Lipinski definition) is 1. The molecule has 0 unspecified atom stereocenters. The molecule has 0 aromatic heterocycles.